The maximum absolute atomic E-state index is 5.66. The Morgan fingerprint density at radius 1 is 1.57 bits per heavy atom. The van der Waals surface area contributed by atoms with Crippen LogP contribution < -0.4 is 4.74 Å². The molecule has 0 aromatic heterocycles. The molecule has 1 nitrogen and oxygen atoms in total. The molecule has 2 heteroatoms. The Balaban J connectivity index is 2.28. The van der Waals surface area contributed by atoms with Crippen LogP contribution in [0.15, 0.2) is 18.2 Å². The summed E-state index contributed by atoms with van der Waals surface area (Å²) in [5.41, 5.74) is 2.72. The van der Waals surface area contributed by atoms with E-state index in [0.717, 1.165) is 18.6 Å². The van der Waals surface area contributed by atoms with Crippen LogP contribution in [0.5, 0.6) is 5.75 Å². The summed E-state index contributed by atoms with van der Waals surface area (Å²) in [5, 5.41) is 0. The lowest BCUT2D eigenvalue weighted by Gasteiger charge is -2.08. The van der Waals surface area contributed by atoms with E-state index in [-0.39, 0.29) is 0 Å². The molecule has 0 N–H and O–H groups in total. The first kappa shape index (κ1) is 10.0. The summed E-state index contributed by atoms with van der Waals surface area (Å²) in [5.74, 6) is 1.07. The van der Waals surface area contributed by atoms with Crippen LogP contribution in [0.4, 0.5) is 0 Å². The maximum atomic E-state index is 5.66. The van der Waals surface area contributed by atoms with Crippen molar-refractivity contribution in [2.75, 3.05) is 0 Å². The lowest BCUT2D eigenvalue weighted by atomic mass is 10.0. The normalized spacial score (nSPS) is 21.5. The van der Waals surface area contributed by atoms with Crippen LogP contribution in [0, 0.1) is 0 Å². The molecule has 1 heterocycles. The predicted octanol–water partition coefficient (Wildman–Crippen LogP) is 3.86. The van der Waals surface area contributed by atoms with Crippen LogP contribution in [0.2, 0.25) is 0 Å². The molecule has 14 heavy (non-hydrogen) atoms. The molecule has 1 aromatic rings. The fourth-order valence-corrected chi connectivity index (χ4v) is 2.16. The minimum atomic E-state index is 0.343. The van der Waals surface area contributed by atoms with E-state index in [2.05, 4.69) is 48.0 Å². The van der Waals surface area contributed by atoms with Gasteiger partial charge in [0, 0.05) is 11.2 Å². The van der Waals surface area contributed by atoms with E-state index in [1.165, 1.54) is 11.1 Å². The van der Waals surface area contributed by atoms with Gasteiger partial charge in [0.15, 0.2) is 0 Å². The van der Waals surface area contributed by atoms with E-state index in [9.17, 15) is 0 Å². The fraction of sp³-hybridized carbons (Fsp3) is 0.500. The molecule has 2 unspecified atom stereocenters. The number of alkyl halides is 1. The molecule has 1 aliphatic rings. The lowest BCUT2D eigenvalue weighted by Crippen LogP contribution is -2.05. The Labute approximate surface area is 93.6 Å². The van der Waals surface area contributed by atoms with Crippen molar-refractivity contribution in [2.24, 2.45) is 0 Å². The third-order valence-corrected chi connectivity index (χ3v) is 3.82. The van der Waals surface area contributed by atoms with Crippen LogP contribution in [0.1, 0.15) is 36.2 Å². The number of fused-ring (bicyclic) bond motifs is 1. The molecule has 0 saturated carbocycles. The zero-order valence-electron chi connectivity index (χ0n) is 8.59. The van der Waals surface area contributed by atoms with Crippen molar-refractivity contribution in [3.05, 3.63) is 29.3 Å². The smallest absolute Gasteiger partial charge is 0.123 e. The average Bonchev–Trinajstić information content (AvgIpc) is 2.55. The molecule has 0 saturated heterocycles. The molecule has 2 atom stereocenters. The molecule has 0 bridgehead atoms. The van der Waals surface area contributed by atoms with Gasteiger partial charge in [-0.15, -0.1) is 0 Å². The molecule has 1 aromatic carbocycles. The highest BCUT2D eigenvalue weighted by atomic mass is 79.9. The van der Waals surface area contributed by atoms with E-state index in [1.54, 1.807) is 0 Å². The summed E-state index contributed by atoms with van der Waals surface area (Å²) in [6, 6.07) is 6.51. The number of benzene rings is 1. The second kappa shape index (κ2) is 3.93. The quantitative estimate of drug-likeness (QED) is 0.729. The Bertz CT molecular complexity index is 335. The molecular weight excluding hydrogens is 240 g/mol. The van der Waals surface area contributed by atoms with Gasteiger partial charge in [0.2, 0.25) is 0 Å². The molecule has 2 rings (SSSR count). The van der Waals surface area contributed by atoms with Gasteiger partial charge in [-0.05, 0) is 30.5 Å². The monoisotopic (exact) mass is 254 g/mol. The van der Waals surface area contributed by atoms with Crippen molar-refractivity contribution in [3.8, 4) is 5.75 Å². The highest BCUT2D eigenvalue weighted by Gasteiger charge is 2.19. The van der Waals surface area contributed by atoms with Gasteiger partial charge in [0.05, 0.1) is 0 Å². The molecular formula is C12H15BrO. The molecule has 0 radical (unpaired) electrons. The zero-order chi connectivity index (χ0) is 10.1. The van der Waals surface area contributed by atoms with Crippen molar-refractivity contribution in [1.29, 1.82) is 0 Å². The van der Waals surface area contributed by atoms with E-state index in [4.69, 9.17) is 4.74 Å². The average molecular weight is 255 g/mol. The number of rotatable bonds is 2. The SMILES string of the molecule is CCC(Br)c1ccc2c(c1)CC(C)O2. The molecule has 0 amide bonds. The van der Waals surface area contributed by atoms with Gasteiger partial charge in [-0.3, -0.25) is 0 Å². The topological polar surface area (TPSA) is 9.23 Å². The number of hydrogen-bond donors (Lipinski definition) is 0. The van der Waals surface area contributed by atoms with Crippen molar-refractivity contribution >= 4 is 15.9 Å². The van der Waals surface area contributed by atoms with Crippen LogP contribution in [-0.4, -0.2) is 6.10 Å². The molecule has 0 spiro atoms. The van der Waals surface area contributed by atoms with Gasteiger partial charge in [0.25, 0.3) is 0 Å². The summed E-state index contributed by atoms with van der Waals surface area (Å²) < 4.78 is 5.66. The predicted molar refractivity (Wildman–Crippen MR) is 62.2 cm³/mol. The fourth-order valence-electron chi connectivity index (χ4n) is 1.87. The minimum absolute atomic E-state index is 0.343. The van der Waals surface area contributed by atoms with Gasteiger partial charge >= 0.3 is 0 Å². The highest BCUT2D eigenvalue weighted by Crippen LogP contribution is 2.34. The minimum Gasteiger partial charge on any atom is -0.490 e. The largest absolute Gasteiger partial charge is 0.490 e. The van der Waals surface area contributed by atoms with Gasteiger partial charge in [-0.2, -0.15) is 0 Å². The first-order valence-electron chi connectivity index (χ1n) is 5.14. The Morgan fingerprint density at radius 2 is 2.36 bits per heavy atom. The van der Waals surface area contributed by atoms with Gasteiger partial charge in [0.1, 0.15) is 11.9 Å². The maximum Gasteiger partial charge on any atom is 0.123 e. The van der Waals surface area contributed by atoms with Crippen molar-refractivity contribution < 1.29 is 4.74 Å². The second-order valence-electron chi connectivity index (χ2n) is 3.88. The van der Waals surface area contributed by atoms with Crippen LogP contribution >= 0.6 is 15.9 Å². The van der Waals surface area contributed by atoms with E-state index in [1.807, 2.05) is 0 Å². The van der Waals surface area contributed by atoms with E-state index in [0.29, 0.717) is 10.9 Å². The van der Waals surface area contributed by atoms with E-state index >= 15 is 0 Å². The van der Waals surface area contributed by atoms with Gasteiger partial charge < -0.3 is 4.74 Å². The van der Waals surface area contributed by atoms with Crippen molar-refractivity contribution in [1.82, 2.24) is 0 Å². The first-order valence-corrected chi connectivity index (χ1v) is 6.05. The number of ether oxygens (including phenoxy) is 1. The lowest BCUT2D eigenvalue weighted by molar-refractivity contribution is 0.254. The molecule has 76 valence electrons. The molecule has 0 aliphatic carbocycles. The number of halogens is 1. The molecule has 0 fully saturated rings. The van der Waals surface area contributed by atoms with Crippen molar-refractivity contribution in [3.63, 3.8) is 0 Å². The van der Waals surface area contributed by atoms with Crippen LogP contribution in [0.3, 0.4) is 0 Å². The zero-order valence-corrected chi connectivity index (χ0v) is 10.2. The van der Waals surface area contributed by atoms with E-state index < -0.39 is 0 Å². The summed E-state index contributed by atoms with van der Waals surface area (Å²) >= 11 is 3.67. The van der Waals surface area contributed by atoms with Gasteiger partial charge in [-0.1, -0.05) is 35.0 Å². The Hall–Kier alpha value is -0.500. The third-order valence-electron chi connectivity index (χ3n) is 2.64. The van der Waals surface area contributed by atoms with Crippen LogP contribution in [0.25, 0.3) is 0 Å². The highest BCUT2D eigenvalue weighted by molar-refractivity contribution is 9.09. The number of hydrogen-bond acceptors (Lipinski definition) is 1. The first-order chi connectivity index (χ1) is 6.70. The van der Waals surface area contributed by atoms with Crippen molar-refractivity contribution in [2.45, 2.75) is 37.6 Å². The summed E-state index contributed by atoms with van der Waals surface area (Å²) in [6.45, 7) is 4.30. The van der Waals surface area contributed by atoms with Crippen LogP contribution in [-0.2, 0) is 6.42 Å². The second-order valence-corrected chi connectivity index (χ2v) is 4.98. The molecule has 1 aliphatic heterocycles. The summed E-state index contributed by atoms with van der Waals surface area (Å²) in [4.78, 5) is 0.476. The third kappa shape index (κ3) is 1.81. The summed E-state index contributed by atoms with van der Waals surface area (Å²) in [7, 11) is 0. The van der Waals surface area contributed by atoms with Gasteiger partial charge in [-0.25, -0.2) is 0 Å². The summed E-state index contributed by atoms with van der Waals surface area (Å²) in [6.07, 6.45) is 2.51. The standard InChI is InChI=1S/C12H15BrO/c1-3-11(13)9-4-5-12-10(7-9)6-8(2)14-12/h4-5,7-8,11H,3,6H2,1-2H3. The Kier molecular flexibility index (Phi) is 2.82. The Morgan fingerprint density at radius 3 is 3.07 bits per heavy atom.